The number of aryl methyl sites for hydroxylation is 1. The lowest BCUT2D eigenvalue weighted by Crippen LogP contribution is -2.38. The monoisotopic (exact) mass is 350 g/mol. The number of thiophene rings is 1. The van der Waals surface area contributed by atoms with Crippen LogP contribution >= 0.6 is 22.7 Å². The van der Waals surface area contributed by atoms with Gasteiger partial charge in [0.15, 0.2) is 5.96 Å². The van der Waals surface area contributed by atoms with Crippen LogP contribution in [0.4, 0.5) is 0 Å². The summed E-state index contributed by atoms with van der Waals surface area (Å²) in [5.74, 6) is 1.34. The Balaban J connectivity index is 1.81. The summed E-state index contributed by atoms with van der Waals surface area (Å²) >= 11 is 3.49. The van der Waals surface area contributed by atoms with E-state index in [2.05, 4.69) is 58.6 Å². The Morgan fingerprint density at radius 2 is 2.17 bits per heavy atom. The van der Waals surface area contributed by atoms with E-state index in [0.29, 0.717) is 5.92 Å². The Morgan fingerprint density at radius 1 is 1.30 bits per heavy atom. The van der Waals surface area contributed by atoms with Crippen LogP contribution in [0.25, 0.3) is 0 Å². The summed E-state index contributed by atoms with van der Waals surface area (Å²) < 4.78 is 0. The molecule has 0 aliphatic rings. The quantitative estimate of drug-likeness (QED) is 0.564. The van der Waals surface area contributed by atoms with Crippen LogP contribution in [0.5, 0.6) is 0 Å². The summed E-state index contributed by atoms with van der Waals surface area (Å²) in [5, 5.41) is 14.4. The zero-order valence-electron chi connectivity index (χ0n) is 14.1. The van der Waals surface area contributed by atoms with Gasteiger partial charge in [0.2, 0.25) is 0 Å². The van der Waals surface area contributed by atoms with Crippen molar-refractivity contribution < 1.29 is 0 Å². The van der Waals surface area contributed by atoms with Gasteiger partial charge >= 0.3 is 0 Å². The normalized spacial score (nSPS) is 13.1. The molecule has 0 aliphatic carbocycles. The first-order chi connectivity index (χ1) is 11.2. The highest BCUT2D eigenvalue weighted by Crippen LogP contribution is 2.18. The predicted octanol–water partition coefficient (Wildman–Crippen LogP) is 3.67. The molecule has 6 heteroatoms. The number of rotatable bonds is 8. The molecule has 0 amide bonds. The van der Waals surface area contributed by atoms with Gasteiger partial charge in [-0.15, -0.1) is 11.3 Å². The third kappa shape index (κ3) is 5.95. The summed E-state index contributed by atoms with van der Waals surface area (Å²) in [4.78, 5) is 9.30. The van der Waals surface area contributed by atoms with Gasteiger partial charge in [-0.3, -0.25) is 4.99 Å². The SMILES string of the molecule is CCNC(=NCC(C)c1ccsc1)NCCc1csc(CC)n1. The van der Waals surface area contributed by atoms with E-state index in [0.717, 1.165) is 38.4 Å². The molecule has 0 spiro atoms. The van der Waals surface area contributed by atoms with Crippen molar-refractivity contribution in [3.63, 3.8) is 0 Å². The number of aromatic nitrogens is 1. The van der Waals surface area contributed by atoms with Gasteiger partial charge in [-0.1, -0.05) is 13.8 Å². The Hall–Kier alpha value is -1.40. The summed E-state index contributed by atoms with van der Waals surface area (Å²) in [5.41, 5.74) is 2.53. The van der Waals surface area contributed by atoms with E-state index in [9.17, 15) is 0 Å². The molecule has 0 fully saturated rings. The minimum absolute atomic E-state index is 0.447. The Morgan fingerprint density at radius 3 is 2.83 bits per heavy atom. The number of nitrogens with zero attached hydrogens (tertiary/aromatic N) is 2. The Labute approximate surface area is 147 Å². The molecule has 0 bridgehead atoms. The van der Waals surface area contributed by atoms with Crippen molar-refractivity contribution in [1.29, 1.82) is 0 Å². The standard InChI is InChI=1S/C17H26N4S2/c1-4-16-21-15(12-23-16)6-8-19-17(18-5-2)20-10-13(3)14-7-9-22-11-14/h7,9,11-13H,4-6,8,10H2,1-3H3,(H2,18,19,20). The van der Waals surface area contributed by atoms with Crippen LogP contribution in [0.2, 0.25) is 0 Å². The summed E-state index contributed by atoms with van der Waals surface area (Å²) in [6.07, 6.45) is 1.95. The van der Waals surface area contributed by atoms with Gasteiger partial charge in [-0.2, -0.15) is 11.3 Å². The maximum Gasteiger partial charge on any atom is 0.191 e. The molecule has 1 atom stereocenters. The van der Waals surface area contributed by atoms with Gasteiger partial charge in [0.05, 0.1) is 10.7 Å². The van der Waals surface area contributed by atoms with Crippen LogP contribution in [0, 0.1) is 0 Å². The molecule has 2 N–H and O–H groups in total. The average Bonchev–Trinajstić information content (AvgIpc) is 3.23. The molecule has 126 valence electrons. The van der Waals surface area contributed by atoms with Crippen LogP contribution in [0.3, 0.4) is 0 Å². The number of hydrogen-bond donors (Lipinski definition) is 2. The molecular weight excluding hydrogens is 324 g/mol. The molecular formula is C17H26N4S2. The van der Waals surface area contributed by atoms with Crippen LogP contribution in [0.15, 0.2) is 27.2 Å². The van der Waals surface area contributed by atoms with E-state index in [1.165, 1.54) is 16.3 Å². The first kappa shape index (κ1) is 17.9. The average molecular weight is 351 g/mol. The minimum atomic E-state index is 0.447. The maximum atomic E-state index is 4.70. The molecule has 0 saturated heterocycles. The number of hydrogen-bond acceptors (Lipinski definition) is 4. The van der Waals surface area contributed by atoms with Gasteiger partial charge < -0.3 is 10.6 Å². The van der Waals surface area contributed by atoms with E-state index in [-0.39, 0.29) is 0 Å². The van der Waals surface area contributed by atoms with Crippen LogP contribution < -0.4 is 10.6 Å². The molecule has 0 aliphatic heterocycles. The molecule has 2 aromatic heterocycles. The third-order valence-corrected chi connectivity index (χ3v) is 5.30. The van der Waals surface area contributed by atoms with Gasteiger partial charge in [0.1, 0.15) is 0 Å². The summed E-state index contributed by atoms with van der Waals surface area (Å²) in [6.45, 7) is 8.97. The number of aliphatic imine (C=N–C) groups is 1. The second-order valence-electron chi connectivity index (χ2n) is 5.44. The first-order valence-corrected chi connectivity index (χ1v) is 10.0. The second kappa shape index (κ2) is 9.67. The molecule has 0 saturated carbocycles. The zero-order chi connectivity index (χ0) is 16.5. The molecule has 1 unspecified atom stereocenters. The van der Waals surface area contributed by atoms with Crippen molar-refractivity contribution in [3.05, 3.63) is 38.5 Å². The molecule has 23 heavy (non-hydrogen) atoms. The van der Waals surface area contributed by atoms with E-state index < -0.39 is 0 Å². The number of thiazole rings is 1. The van der Waals surface area contributed by atoms with Crippen LogP contribution in [-0.4, -0.2) is 30.6 Å². The van der Waals surface area contributed by atoms with Crippen molar-refractivity contribution in [1.82, 2.24) is 15.6 Å². The van der Waals surface area contributed by atoms with Crippen molar-refractivity contribution in [2.24, 2.45) is 4.99 Å². The molecule has 2 aromatic rings. The van der Waals surface area contributed by atoms with Gasteiger partial charge in [0.25, 0.3) is 0 Å². The zero-order valence-corrected chi connectivity index (χ0v) is 15.8. The topological polar surface area (TPSA) is 49.3 Å². The van der Waals surface area contributed by atoms with Gasteiger partial charge in [-0.25, -0.2) is 4.98 Å². The molecule has 0 radical (unpaired) electrons. The fraction of sp³-hybridized carbons (Fsp3) is 0.529. The summed E-state index contributed by atoms with van der Waals surface area (Å²) in [7, 11) is 0. The largest absolute Gasteiger partial charge is 0.357 e. The highest BCUT2D eigenvalue weighted by molar-refractivity contribution is 7.09. The molecule has 0 aromatic carbocycles. The molecule has 2 rings (SSSR count). The fourth-order valence-corrected chi connectivity index (χ4v) is 3.73. The van der Waals surface area contributed by atoms with Gasteiger partial charge in [0, 0.05) is 37.4 Å². The fourth-order valence-electron chi connectivity index (χ4n) is 2.17. The molecule has 2 heterocycles. The maximum absolute atomic E-state index is 4.70. The number of guanidine groups is 1. The lowest BCUT2D eigenvalue weighted by molar-refractivity contribution is 0.745. The van der Waals surface area contributed by atoms with Crippen molar-refractivity contribution in [2.75, 3.05) is 19.6 Å². The minimum Gasteiger partial charge on any atom is -0.357 e. The van der Waals surface area contributed by atoms with Gasteiger partial charge in [-0.05, 0) is 35.7 Å². The van der Waals surface area contributed by atoms with E-state index >= 15 is 0 Å². The Bertz CT molecular complexity index is 590. The van der Waals surface area contributed by atoms with E-state index in [1.54, 1.807) is 22.7 Å². The van der Waals surface area contributed by atoms with Crippen molar-refractivity contribution in [3.8, 4) is 0 Å². The Kier molecular flexibility index (Phi) is 7.55. The van der Waals surface area contributed by atoms with Crippen molar-refractivity contribution >= 4 is 28.6 Å². The third-order valence-electron chi connectivity index (χ3n) is 3.56. The second-order valence-corrected chi connectivity index (χ2v) is 7.16. The van der Waals surface area contributed by atoms with Crippen molar-refractivity contribution in [2.45, 2.75) is 39.5 Å². The lowest BCUT2D eigenvalue weighted by Gasteiger charge is -2.12. The summed E-state index contributed by atoms with van der Waals surface area (Å²) in [6, 6.07) is 2.18. The highest BCUT2D eigenvalue weighted by Gasteiger charge is 2.06. The van der Waals surface area contributed by atoms with Crippen LogP contribution in [-0.2, 0) is 12.8 Å². The van der Waals surface area contributed by atoms with E-state index in [4.69, 9.17) is 4.99 Å². The van der Waals surface area contributed by atoms with E-state index in [1.807, 2.05) is 0 Å². The lowest BCUT2D eigenvalue weighted by atomic mass is 10.1. The highest BCUT2D eigenvalue weighted by atomic mass is 32.1. The predicted molar refractivity (Wildman–Crippen MR) is 102 cm³/mol. The van der Waals surface area contributed by atoms with Crippen LogP contribution in [0.1, 0.15) is 43.0 Å². The number of nitrogens with one attached hydrogen (secondary N) is 2. The smallest absolute Gasteiger partial charge is 0.191 e. The molecule has 4 nitrogen and oxygen atoms in total. The first-order valence-electron chi connectivity index (χ1n) is 8.20.